The molecular weight excluding hydrogens is 316 g/mol. The zero-order chi connectivity index (χ0) is 15.9. The van der Waals surface area contributed by atoms with Crippen molar-refractivity contribution in [2.24, 2.45) is 0 Å². The van der Waals surface area contributed by atoms with Crippen LogP contribution in [0.1, 0.15) is 26.2 Å². The van der Waals surface area contributed by atoms with Gasteiger partial charge in [-0.3, -0.25) is 4.21 Å². The highest BCUT2D eigenvalue weighted by Gasteiger charge is 2.21. The smallest absolute Gasteiger partial charge is 0.321 e. The molecule has 1 saturated heterocycles. The van der Waals surface area contributed by atoms with Crippen molar-refractivity contribution in [3.63, 3.8) is 0 Å². The number of anilines is 1. The van der Waals surface area contributed by atoms with Crippen molar-refractivity contribution in [1.82, 2.24) is 4.90 Å². The first kappa shape index (κ1) is 17.3. The molecule has 122 valence electrons. The molecule has 22 heavy (non-hydrogen) atoms. The highest BCUT2D eigenvalue weighted by Crippen LogP contribution is 2.22. The normalized spacial score (nSPS) is 20.3. The molecule has 2 amide bonds. The maximum Gasteiger partial charge on any atom is 0.321 e. The molecule has 0 unspecified atom stereocenters. The molecule has 0 aromatic heterocycles. The van der Waals surface area contributed by atoms with Crippen LogP contribution in [0.2, 0.25) is 0 Å². The van der Waals surface area contributed by atoms with Gasteiger partial charge in [0, 0.05) is 46.0 Å². The van der Waals surface area contributed by atoms with Gasteiger partial charge in [-0.1, -0.05) is 13.3 Å². The van der Waals surface area contributed by atoms with Crippen LogP contribution in [0.25, 0.3) is 0 Å². The first-order valence-corrected chi connectivity index (χ1v) is 10.3. The van der Waals surface area contributed by atoms with E-state index in [9.17, 15) is 9.00 Å². The summed E-state index contributed by atoms with van der Waals surface area (Å²) in [6.07, 6.45) is 5.11. The average Bonchev–Trinajstić information content (AvgIpc) is 2.74. The standard InChI is InChI=1S/C16H24N2O2S2/c1-3-21-14-6-4-5-11-18(12-14)16(19)17-13-7-9-15(10-8-13)22(2)20/h7-10,14H,3-6,11-12H2,1-2H3,(H,17,19)/t14-,22+/m1/s1. The van der Waals surface area contributed by atoms with Crippen LogP contribution < -0.4 is 5.32 Å². The van der Waals surface area contributed by atoms with Crippen LogP contribution in [0, 0.1) is 0 Å². The summed E-state index contributed by atoms with van der Waals surface area (Å²) in [7, 11) is -0.990. The van der Waals surface area contributed by atoms with Crippen molar-refractivity contribution >= 4 is 34.3 Å². The summed E-state index contributed by atoms with van der Waals surface area (Å²) >= 11 is 1.94. The second-order valence-electron chi connectivity index (χ2n) is 5.43. The Kier molecular flexibility index (Phi) is 6.76. The van der Waals surface area contributed by atoms with Crippen LogP contribution >= 0.6 is 11.8 Å². The third-order valence-corrected chi connectivity index (χ3v) is 5.88. The Labute approximate surface area is 139 Å². The van der Waals surface area contributed by atoms with Crippen molar-refractivity contribution in [1.29, 1.82) is 0 Å². The maximum atomic E-state index is 12.4. The molecule has 0 radical (unpaired) electrons. The lowest BCUT2D eigenvalue weighted by Gasteiger charge is -2.24. The second-order valence-corrected chi connectivity index (χ2v) is 8.38. The van der Waals surface area contributed by atoms with Gasteiger partial charge in [0.25, 0.3) is 0 Å². The number of rotatable bonds is 4. The minimum Gasteiger partial charge on any atom is -0.323 e. The lowest BCUT2D eigenvalue weighted by molar-refractivity contribution is 0.214. The van der Waals surface area contributed by atoms with Crippen LogP contribution in [-0.4, -0.2) is 45.5 Å². The number of carbonyl (C=O) groups excluding carboxylic acids is 1. The van der Waals surface area contributed by atoms with E-state index in [1.165, 1.54) is 12.8 Å². The number of hydrogen-bond donors (Lipinski definition) is 1. The lowest BCUT2D eigenvalue weighted by Crippen LogP contribution is -2.38. The summed E-state index contributed by atoms with van der Waals surface area (Å²) in [5.74, 6) is 1.09. The van der Waals surface area contributed by atoms with Crippen molar-refractivity contribution in [3.05, 3.63) is 24.3 Å². The first-order chi connectivity index (χ1) is 10.6. The van der Waals surface area contributed by atoms with Crippen molar-refractivity contribution in [3.8, 4) is 0 Å². The maximum absolute atomic E-state index is 12.4. The van der Waals surface area contributed by atoms with Crippen molar-refractivity contribution in [2.45, 2.75) is 36.3 Å². The summed E-state index contributed by atoms with van der Waals surface area (Å²) in [6.45, 7) is 3.81. The molecule has 2 rings (SSSR count). The van der Waals surface area contributed by atoms with Crippen molar-refractivity contribution < 1.29 is 9.00 Å². The highest BCUT2D eigenvalue weighted by molar-refractivity contribution is 7.99. The SMILES string of the molecule is CCS[C@@H]1CCCCN(C(=O)Nc2ccc([S@](C)=O)cc2)C1. The number of carbonyl (C=O) groups is 1. The van der Waals surface area contributed by atoms with E-state index in [-0.39, 0.29) is 6.03 Å². The number of hydrogen-bond acceptors (Lipinski definition) is 3. The topological polar surface area (TPSA) is 49.4 Å². The van der Waals surface area contributed by atoms with E-state index in [4.69, 9.17) is 0 Å². The lowest BCUT2D eigenvalue weighted by atomic mass is 10.2. The fourth-order valence-electron chi connectivity index (χ4n) is 2.59. The van der Waals surface area contributed by atoms with E-state index in [1.807, 2.05) is 28.8 Å². The number of likely N-dealkylation sites (tertiary alicyclic amines) is 1. The highest BCUT2D eigenvalue weighted by atomic mass is 32.2. The molecule has 0 aliphatic carbocycles. The van der Waals surface area contributed by atoms with Crippen LogP contribution in [0.4, 0.5) is 10.5 Å². The summed E-state index contributed by atoms with van der Waals surface area (Å²) < 4.78 is 11.4. The Morgan fingerprint density at radius 3 is 2.73 bits per heavy atom. The van der Waals surface area contributed by atoms with Gasteiger partial charge < -0.3 is 10.2 Å². The summed E-state index contributed by atoms with van der Waals surface area (Å²) in [6, 6.07) is 7.18. The number of nitrogens with one attached hydrogen (secondary N) is 1. The molecular formula is C16H24N2O2S2. The number of benzene rings is 1. The molecule has 1 heterocycles. The largest absolute Gasteiger partial charge is 0.323 e. The number of thioether (sulfide) groups is 1. The molecule has 6 heteroatoms. The summed E-state index contributed by atoms with van der Waals surface area (Å²) in [5.41, 5.74) is 0.753. The van der Waals surface area contributed by atoms with Gasteiger partial charge in [-0.2, -0.15) is 11.8 Å². The molecule has 1 aliphatic heterocycles. The molecule has 4 nitrogen and oxygen atoms in total. The van der Waals surface area contributed by atoms with Gasteiger partial charge in [-0.05, 0) is 42.9 Å². The Bertz CT molecular complexity index is 519. The second kappa shape index (κ2) is 8.58. The fraction of sp³-hybridized carbons (Fsp3) is 0.562. The van der Waals surface area contributed by atoms with Gasteiger partial charge in [0.05, 0.1) is 0 Å². The van der Waals surface area contributed by atoms with Gasteiger partial charge in [0.1, 0.15) is 0 Å². The Hall–Kier alpha value is -1.01. The summed E-state index contributed by atoms with van der Waals surface area (Å²) in [5, 5.41) is 3.49. The molecule has 0 spiro atoms. The zero-order valence-electron chi connectivity index (χ0n) is 13.2. The minimum absolute atomic E-state index is 0.0334. The van der Waals surface area contributed by atoms with Crippen LogP contribution in [0.15, 0.2) is 29.2 Å². The Morgan fingerprint density at radius 2 is 2.09 bits per heavy atom. The summed E-state index contributed by atoms with van der Waals surface area (Å²) in [4.78, 5) is 15.1. The van der Waals surface area contributed by atoms with E-state index < -0.39 is 10.8 Å². The molecule has 1 fully saturated rings. The van der Waals surface area contributed by atoms with Crippen LogP contribution in [0.3, 0.4) is 0 Å². The van der Waals surface area contributed by atoms with E-state index in [0.717, 1.165) is 35.8 Å². The molecule has 1 aromatic carbocycles. The number of amides is 2. The molecule has 1 N–H and O–H groups in total. The predicted molar refractivity (Wildman–Crippen MR) is 95.1 cm³/mol. The van der Waals surface area contributed by atoms with E-state index >= 15 is 0 Å². The van der Waals surface area contributed by atoms with Crippen LogP contribution in [-0.2, 0) is 10.8 Å². The van der Waals surface area contributed by atoms with Crippen LogP contribution in [0.5, 0.6) is 0 Å². The van der Waals surface area contributed by atoms with Gasteiger partial charge in [0.15, 0.2) is 0 Å². The third kappa shape index (κ3) is 5.02. The first-order valence-electron chi connectivity index (χ1n) is 7.71. The number of nitrogens with zero attached hydrogens (tertiary/aromatic N) is 1. The molecule has 1 aliphatic rings. The third-order valence-electron chi connectivity index (χ3n) is 3.76. The molecule has 2 atom stereocenters. The minimum atomic E-state index is -0.990. The molecule has 1 aromatic rings. The van der Waals surface area contributed by atoms with Crippen molar-refractivity contribution in [2.75, 3.05) is 30.4 Å². The van der Waals surface area contributed by atoms with Gasteiger partial charge >= 0.3 is 6.03 Å². The monoisotopic (exact) mass is 340 g/mol. The Morgan fingerprint density at radius 1 is 1.36 bits per heavy atom. The number of urea groups is 1. The van der Waals surface area contributed by atoms with Gasteiger partial charge in [-0.25, -0.2) is 4.79 Å². The molecule has 0 bridgehead atoms. The van der Waals surface area contributed by atoms with Gasteiger partial charge in [-0.15, -0.1) is 0 Å². The fourth-order valence-corrected chi connectivity index (χ4v) is 4.20. The average molecular weight is 341 g/mol. The van der Waals surface area contributed by atoms with E-state index in [2.05, 4.69) is 12.2 Å². The van der Waals surface area contributed by atoms with Gasteiger partial charge in [0.2, 0.25) is 0 Å². The Balaban J connectivity index is 1.96. The molecule has 0 saturated carbocycles. The predicted octanol–water partition coefficient (Wildman–Crippen LogP) is 3.56. The zero-order valence-corrected chi connectivity index (χ0v) is 14.8. The van der Waals surface area contributed by atoms with E-state index in [0.29, 0.717) is 5.25 Å². The quantitative estimate of drug-likeness (QED) is 0.912. The van der Waals surface area contributed by atoms with E-state index in [1.54, 1.807) is 18.4 Å².